The molecule has 0 spiro atoms. The molecule has 1 fully saturated rings. The molecule has 1 saturated heterocycles. The number of ether oxygens (including phenoxy) is 1. The van der Waals surface area contributed by atoms with Crippen LogP contribution in [0.1, 0.15) is 22.2 Å². The summed E-state index contributed by atoms with van der Waals surface area (Å²) in [5.41, 5.74) is 0.126. The first kappa shape index (κ1) is 28.5. The molecular formula is C20H19AsCl2F3N3O4S. The van der Waals surface area contributed by atoms with Crippen molar-refractivity contribution in [3.05, 3.63) is 38.7 Å². The van der Waals surface area contributed by atoms with Crippen molar-refractivity contribution in [3.63, 3.8) is 0 Å². The third-order valence-electron chi connectivity index (χ3n) is 4.29. The van der Waals surface area contributed by atoms with E-state index in [0.717, 1.165) is 43.9 Å². The van der Waals surface area contributed by atoms with Crippen LogP contribution in [0.5, 0.6) is 5.75 Å². The number of hydrogen-bond acceptors (Lipinski definition) is 7. The van der Waals surface area contributed by atoms with Crippen LogP contribution in [0.15, 0.2) is 18.2 Å². The van der Waals surface area contributed by atoms with Crippen LogP contribution in [-0.4, -0.2) is 78.8 Å². The van der Waals surface area contributed by atoms with Crippen molar-refractivity contribution in [2.24, 2.45) is 0 Å². The van der Waals surface area contributed by atoms with E-state index in [0.29, 0.717) is 11.6 Å². The predicted molar refractivity (Wildman–Crippen MR) is 126 cm³/mol. The maximum Gasteiger partial charge on any atom is 0.209 e. The number of amides is 1. The SMILES string of the molecule is CCNc1sc(C(=O)c2ccc(Cl)cc2Cl)c([As])c1OC(=O)C(F)(F)F.O=CN1CCNCC1. The Morgan fingerprint density at radius 3 is 2.44 bits per heavy atom. The Labute approximate surface area is 216 Å². The number of nitrogens with one attached hydrogen (secondary N) is 2. The number of esters is 1. The van der Waals surface area contributed by atoms with Gasteiger partial charge in [0.2, 0.25) is 6.41 Å². The first-order valence-electron chi connectivity index (χ1n) is 9.78. The molecule has 1 aromatic heterocycles. The Kier molecular flexibility index (Phi) is 10.7. The Morgan fingerprint density at radius 2 is 1.94 bits per heavy atom. The van der Waals surface area contributed by atoms with Crippen molar-refractivity contribution in [1.29, 1.82) is 0 Å². The number of anilines is 1. The fraction of sp³-hybridized carbons (Fsp3) is 0.350. The summed E-state index contributed by atoms with van der Waals surface area (Å²) in [6.07, 6.45) is -4.25. The predicted octanol–water partition coefficient (Wildman–Crippen LogP) is 3.03. The molecule has 0 unspecified atom stereocenters. The van der Waals surface area contributed by atoms with E-state index in [1.807, 2.05) is 16.9 Å². The maximum absolute atomic E-state index is 12.7. The monoisotopic (exact) mass is 599 g/mol. The number of rotatable bonds is 6. The van der Waals surface area contributed by atoms with E-state index in [1.165, 1.54) is 18.2 Å². The molecule has 0 aliphatic carbocycles. The molecule has 1 aliphatic rings. The van der Waals surface area contributed by atoms with Gasteiger partial charge in [-0.2, -0.15) is 0 Å². The standard InChI is InChI=1S/C15H9AsCl2F3NO3S.C5H10N2O/c1-2-22-13-11(25-14(24)15(19,20)21)9(16)12(26-13)10(23)7-4-3-6(17)5-8(7)18;8-5-7-3-1-6-2-4-7/h3-5,22H,2H2,1H3;5-6H,1-4H2. The van der Waals surface area contributed by atoms with Crippen LogP contribution in [0.25, 0.3) is 0 Å². The van der Waals surface area contributed by atoms with Crippen molar-refractivity contribution < 1.29 is 32.3 Å². The minimum absolute atomic E-state index is 0.0482. The number of ketones is 1. The Morgan fingerprint density at radius 1 is 1.29 bits per heavy atom. The molecule has 1 amide bonds. The molecule has 0 atom stereocenters. The van der Waals surface area contributed by atoms with Gasteiger partial charge in [0.05, 0.1) is 0 Å². The maximum atomic E-state index is 12.7. The van der Waals surface area contributed by atoms with E-state index < -0.39 is 17.9 Å². The summed E-state index contributed by atoms with van der Waals surface area (Å²) < 4.78 is 42.1. The van der Waals surface area contributed by atoms with Crippen molar-refractivity contribution in [2.45, 2.75) is 13.1 Å². The quantitative estimate of drug-likeness (QED) is 0.230. The molecule has 2 heterocycles. The van der Waals surface area contributed by atoms with Crippen molar-refractivity contribution in [1.82, 2.24) is 10.2 Å². The smallest absolute Gasteiger partial charge is 0.209 e. The summed E-state index contributed by atoms with van der Waals surface area (Å²) in [5.74, 6) is -3.25. The van der Waals surface area contributed by atoms with Gasteiger partial charge >= 0.3 is 169 Å². The molecule has 34 heavy (non-hydrogen) atoms. The van der Waals surface area contributed by atoms with Crippen LogP contribution >= 0.6 is 34.5 Å². The molecule has 0 bridgehead atoms. The van der Waals surface area contributed by atoms with Gasteiger partial charge in [-0.25, -0.2) is 0 Å². The van der Waals surface area contributed by atoms with Crippen LogP contribution in [0.4, 0.5) is 18.2 Å². The van der Waals surface area contributed by atoms with Crippen LogP contribution < -0.4 is 19.7 Å². The zero-order chi connectivity index (χ0) is 25.5. The van der Waals surface area contributed by atoms with Crippen molar-refractivity contribution in [2.75, 3.05) is 38.0 Å². The second-order valence-electron chi connectivity index (χ2n) is 6.70. The molecule has 2 N–H and O–H groups in total. The van der Waals surface area contributed by atoms with E-state index in [-0.39, 0.29) is 30.6 Å². The summed E-state index contributed by atoms with van der Waals surface area (Å²) >= 11 is 14.6. The zero-order valence-corrected chi connectivity index (χ0v) is 21.9. The Balaban J connectivity index is 0.000000430. The van der Waals surface area contributed by atoms with Gasteiger partial charge in [-0.1, -0.05) is 0 Å². The van der Waals surface area contributed by atoms with Crippen LogP contribution in [0, 0.1) is 0 Å². The van der Waals surface area contributed by atoms with Gasteiger partial charge in [-0.05, 0) is 0 Å². The fourth-order valence-corrected chi connectivity index (χ4v) is 5.21. The van der Waals surface area contributed by atoms with Gasteiger partial charge in [-0.15, -0.1) is 0 Å². The number of piperazine rings is 1. The molecule has 1 aliphatic heterocycles. The number of carbonyl (C=O) groups is 3. The molecule has 2 radical (unpaired) electrons. The Hall–Kier alpha value is -1.78. The average molecular weight is 600 g/mol. The Bertz CT molecular complexity index is 1050. The number of hydrogen-bond donors (Lipinski definition) is 2. The normalized spacial score (nSPS) is 13.6. The summed E-state index contributed by atoms with van der Waals surface area (Å²) in [5, 5.41) is 6.49. The van der Waals surface area contributed by atoms with Gasteiger partial charge in [0.15, 0.2) is 0 Å². The minimum Gasteiger partial charge on any atom is -0.343 e. The van der Waals surface area contributed by atoms with Crippen LogP contribution in [-0.2, 0) is 9.59 Å². The number of benzene rings is 1. The van der Waals surface area contributed by atoms with Gasteiger partial charge in [-0.3, -0.25) is 4.79 Å². The molecular weight excluding hydrogens is 581 g/mol. The summed E-state index contributed by atoms with van der Waals surface area (Å²) in [4.78, 5) is 35.8. The third-order valence-corrected chi connectivity index (χ3v) is 7.19. The average Bonchev–Trinajstić information content (AvgIpc) is 3.09. The topological polar surface area (TPSA) is 87.7 Å². The number of alkyl halides is 3. The molecule has 184 valence electrons. The number of thiophene rings is 1. The van der Waals surface area contributed by atoms with E-state index >= 15 is 0 Å². The molecule has 14 heteroatoms. The minimum atomic E-state index is -5.16. The van der Waals surface area contributed by atoms with Crippen molar-refractivity contribution in [3.8, 4) is 5.75 Å². The molecule has 1 aromatic carbocycles. The van der Waals surface area contributed by atoms with E-state index in [9.17, 15) is 27.6 Å². The van der Waals surface area contributed by atoms with Gasteiger partial charge < -0.3 is 10.2 Å². The summed E-state index contributed by atoms with van der Waals surface area (Å²) in [6, 6.07) is 4.26. The van der Waals surface area contributed by atoms with Crippen LogP contribution in [0.2, 0.25) is 10.0 Å². The summed E-state index contributed by atoms with van der Waals surface area (Å²) in [6.45, 7) is 5.67. The first-order valence-corrected chi connectivity index (χ1v) is 12.3. The fourth-order valence-electron chi connectivity index (χ4n) is 2.67. The number of nitrogens with zero attached hydrogens (tertiary/aromatic N) is 1. The largest absolute Gasteiger partial charge is 0.343 e. The van der Waals surface area contributed by atoms with Crippen molar-refractivity contribution >= 4 is 78.9 Å². The van der Waals surface area contributed by atoms with Gasteiger partial charge in [0.1, 0.15) is 0 Å². The number of halogens is 5. The molecule has 0 saturated carbocycles. The van der Waals surface area contributed by atoms with E-state index in [1.54, 1.807) is 11.8 Å². The zero-order valence-electron chi connectivity index (χ0n) is 17.7. The number of carbonyl (C=O) groups excluding carboxylic acids is 3. The molecule has 7 nitrogen and oxygen atoms in total. The van der Waals surface area contributed by atoms with E-state index in [4.69, 9.17) is 23.2 Å². The second kappa shape index (κ2) is 12.8. The third kappa shape index (κ3) is 7.61. The van der Waals surface area contributed by atoms with Crippen LogP contribution in [0.3, 0.4) is 0 Å². The van der Waals surface area contributed by atoms with E-state index in [2.05, 4.69) is 15.4 Å². The molecule has 3 rings (SSSR count). The molecule has 2 aromatic rings. The van der Waals surface area contributed by atoms with Gasteiger partial charge in [0, 0.05) is 26.2 Å². The first-order chi connectivity index (χ1) is 16.0. The second-order valence-corrected chi connectivity index (χ2v) is 9.50. The summed E-state index contributed by atoms with van der Waals surface area (Å²) in [7, 11) is 0. The van der Waals surface area contributed by atoms with Gasteiger partial charge in [0.25, 0.3) is 0 Å².